The molecule has 0 aliphatic carbocycles. The fraction of sp³-hybridized carbons (Fsp3) is 0.261. The molecule has 1 saturated heterocycles. The Hall–Kier alpha value is -2.16. The molecule has 0 radical (unpaired) electrons. The molecule has 3 aromatic rings. The molecule has 0 unspecified atom stereocenters. The van der Waals surface area contributed by atoms with Crippen molar-refractivity contribution in [2.24, 2.45) is 0 Å². The minimum Gasteiger partial charge on any atom is -0.299 e. The van der Waals surface area contributed by atoms with Crippen LogP contribution in [-0.4, -0.2) is 23.0 Å². The van der Waals surface area contributed by atoms with Gasteiger partial charge in [-0.1, -0.05) is 60.1 Å². The van der Waals surface area contributed by atoms with Crippen LogP contribution in [0.5, 0.6) is 0 Å². The minimum atomic E-state index is 0.571. The van der Waals surface area contributed by atoms with Crippen LogP contribution >= 0.6 is 11.6 Å². The molecule has 2 aromatic carbocycles. The Bertz CT molecular complexity index is 820. The first-order valence-electron chi connectivity index (χ1n) is 9.26. The van der Waals surface area contributed by atoms with Gasteiger partial charge in [-0.25, -0.2) is 0 Å². The number of hydrogen-bond acceptors (Lipinski definition) is 2. The molecule has 2 heterocycles. The molecule has 132 valence electrons. The van der Waals surface area contributed by atoms with Crippen molar-refractivity contribution in [2.75, 3.05) is 13.1 Å². The second-order valence-electron chi connectivity index (χ2n) is 7.01. The van der Waals surface area contributed by atoms with E-state index in [0.717, 1.165) is 35.8 Å². The van der Waals surface area contributed by atoms with E-state index in [1.54, 1.807) is 0 Å². The molecule has 2 nitrogen and oxygen atoms in total. The fourth-order valence-corrected chi connectivity index (χ4v) is 3.81. The molecule has 1 aromatic heterocycles. The molecule has 1 aliphatic rings. The lowest BCUT2D eigenvalue weighted by atomic mass is 9.92. The van der Waals surface area contributed by atoms with E-state index in [1.165, 1.54) is 24.1 Å². The van der Waals surface area contributed by atoms with Crippen molar-refractivity contribution in [3.05, 3.63) is 89.2 Å². The highest BCUT2D eigenvalue weighted by Gasteiger charge is 2.21. The summed E-state index contributed by atoms with van der Waals surface area (Å²) in [6, 6.07) is 23.1. The molecular formula is C23H23ClN2. The molecule has 0 atom stereocenters. The topological polar surface area (TPSA) is 16.1 Å². The highest BCUT2D eigenvalue weighted by Crippen LogP contribution is 2.29. The number of pyridine rings is 1. The number of halogens is 1. The van der Waals surface area contributed by atoms with Gasteiger partial charge in [-0.15, -0.1) is 0 Å². The summed E-state index contributed by atoms with van der Waals surface area (Å²) in [7, 11) is 0. The second kappa shape index (κ2) is 8.03. The fourth-order valence-electron chi connectivity index (χ4n) is 3.69. The number of benzene rings is 2. The third-order valence-corrected chi connectivity index (χ3v) is 5.47. The van der Waals surface area contributed by atoms with E-state index in [9.17, 15) is 0 Å². The van der Waals surface area contributed by atoms with E-state index in [1.807, 2.05) is 30.5 Å². The van der Waals surface area contributed by atoms with Crippen LogP contribution in [0.4, 0.5) is 0 Å². The second-order valence-corrected chi connectivity index (χ2v) is 7.45. The lowest BCUT2D eigenvalue weighted by molar-refractivity contribution is 0.203. The van der Waals surface area contributed by atoms with Crippen molar-refractivity contribution < 1.29 is 0 Å². The lowest BCUT2D eigenvalue weighted by Gasteiger charge is -2.31. The summed E-state index contributed by atoms with van der Waals surface area (Å²) in [6.07, 6.45) is 4.36. The third kappa shape index (κ3) is 4.14. The smallest absolute Gasteiger partial charge is 0.0435 e. The molecule has 4 rings (SSSR count). The molecule has 1 aliphatic heterocycles. The maximum Gasteiger partial charge on any atom is 0.0435 e. The first kappa shape index (κ1) is 17.3. The van der Waals surface area contributed by atoms with Crippen LogP contribution in [0.1, 0.15) is 30.0 Å². The summed E-state index contributed by atoms with van der Waals surface area (Å²) < 4.78 is 0. The molecule has 3 heteroatoms. The average Bonchev–Trinajstić information content (AvgIpc) is 2.70. The van der Waals surface area contributed by atoms with Crippen molar-refractivity contribution >= 4 is 11.6 Å². The molecule has 0 amide bonds. The highest BCUT2D eigenvalue weighted by atomic mass is 35.5. The monoisotopic (exact) mass is 362 g/mol. The van der Waals surface area contributed by atoms with E-state index >= 15 is 0 Å². The van der Waals surface area contributed by atoms with Gasteiger partial charge >= 0.3 is 0 Å². The van der Waals surface area contributed by atoms with Crippen molar-refractivity contribution in [1.82, 2.24) is 9.88 Å². The van der Waals surface area contributed by atoms with Crippen molar-refractivity contribution in [2.45, 2.75) is 25.3 Å². The molecule has 1 fully saturated rings. The molecule has 26 heavy (non-hydrogen) atoms. The first-order chi connectivity index (χ1) is 12.8. The van der Waals surface area contributed by atoms with Crippen LogP contribution in [0.3, 0.4) is 0 Å². The summed E-state index contributed by atoms with van der Waals surface area (Å²) >= 11 is 5.97. The minimum absolute atomic E-state index is 0.571. The van der Waals surface area contributed by atoms with Gasteiger partial charge in [-0.3, -0.25) is 9.88 Å². The molecular weight excluding hydrogens is 340 g/mol. The van der Waals surface area contributed by atoms with E-state index in [2.05, 4.69) is 47.4 Å². The van der Waals surface area contributed by atoms with Gasteiger partial charge in [0, 0.05) is 34.9 Å². The van der Waals surface area contributed by atoms with Crippen molar-refractivity contribution in [1.29, 1.82) is 0 Å². The van der Waals surface area contributed by atoms with Crippen LogP contribution in [0.25, 0.3) is 11.1 Å². The van der Waals surface area contributed by atoms with Gasteiger partial charge in [0.1, 0.15) is 0 Å². The highest BCUT2D eigenvalue weighted by molar-refractivity contribution is 6.30. The standard InChI is InChI=1S/C23H23ClN2/c24-22-9-6-19(7-10-22)21-8-11-23(25-16-21)20-12-14-26(15-13-20)17-18-4-2-1-3-5-18/h1-11,16,20H,12-15,17H2. The number of piperidine rings is 1. The predicted molar refractivity (Wildman–Crippen MR) is 108 cm³/mol. The number of likely N-dealkylation sites (tertiary alicyclic amines) is 1. The van der Waals surface area contributed by atoms with Crippen molar-refractivity contribution in [3.8, 4) is 11.1 Å². The van der Waals surface area contributed by atoms with E-state index < -0.39 is 0 Å². The first-order valence-corrected chi connectivity index (χ1v) is 9.64. The molecule has 0 N–H and O–H groups in total. The van der Waals surface area contributed by atoms with Gasteiger partial charge in [0.25, 0.3) is 0 Å². The lowest BCUT2D eigenvalue weighted by Crippen LogP contribution is -2.32. The summed E-state index contributed by atoms with van der Waals surface area (Å²) in [5.41, 5.74) is 4.93. The number of aromatic nitrogens is 1. The van der Waals surface area contributed by atoms with E-state index in [4.69, 9.17) is 16.6 Å². The number of rotatable bonds is 4. The van der Waals surface area contributed by atoms with Gasteiger partial charge in [0.15, 0.2) is 0 Å². The summed E-state index contributed by atoms with van der Waals surface area (Å²) in [5.74, 6) is 0.571. The summed E-state index contributed by atoms with van der Waals surface area (Å²) in [6.45, 7) is 3.33. The normalized spacial score (nSPS) is 15.9. The van der Waals surface area contributed by atoms with E-state index in [0.29, 0.717) is 5.92 Å². The van der Waals surface area contributed by atoms with Crippen LogP contribution in [0.15, 0.2) is 72.9 Å². The zero-order valence-corrected chi connectivity index (χ0v) is 15.6. The molecule has 0 spiro atoms. The Kier molecular flexibility index (Phi) is 5.33. The Morgan fingerprint density at radius 2 is 1.54 bits per heavy atom. The number of hydrogen-bond donors (Lipinski definition) is 0. The SMILES string of the molecule is Clc1ccc(-c2ccc(C3CCN(Cc4ccccc4)CC3)nc2)cc1. The Morgan fingerprint density at radius 3 is 2.19 bits per heavy atom. The molecule has 0 saturated carbocycles. The summed E-state index contributed by atoms with van der Waals surface area (Å²) in [4.78, 5) is 7.31. The van der Waals surface area contributed by atoms with Gasteiger partial charge in [0.05, 0.1) is 0 Å². The van der Waals surface area contributed by atoms with Crippen molar-refractivity contribution in [3.63, 3.8) is 0 Å². The molecule has 0 bridgehead atoms. The summed E-state index contributed by atoms with van der Waals surface area (Å²) in [5, 5.41) is 0.764. The maximum atomic E-state index is 5.97. The zero-order chi connectivity index (χ0) is 17.8. The van der Waals surface area contributed by atoms with E-state index in [-0.39, 0.29) is 0 Å². The Balaban J connectivity index is 1.36. The Labute approximate surface area is 160 Å². The van der Waals surface area contributed by atoms with Gasteiger partial charge < -0.3 is 0 Å². The van der Waals surface area contributed by atoms with Gasteiger partial charge in [-0.2, -0.15) is 0 Å². The number of nitrogens with zero attached hydrogens (tertiary/aromatic N) is 2. The van der Waals surface area contributed by atoms with Gasteiger partial charge in [0.2, 0.25) is 0 Å². The average molecular weight is 363 g/mol. The van der Waals surface area contributed by atoms with Crippen LogP contribution in [0, 0.1) is 0 Å². The zero-order valence-electron chi connectivity index (χ0n) is 14.8. The predicted octanol–water partition coefficient (Wildman–Crippen LogP) is 5.78. The maximum absolute atomic E-state index is 5.97. The Morgan fingerprint density at radius 1 is 0.846 bits per heavy atom. The van der Waals surface area contributed by atoms with Gasteiger partial charge in [-0.05, 0) is 55.3 Å². The van der Waals surface area contributed by atoms with Crippen LogP contribution < -0.4 is 0 Å². The largest absolute Gasteiger partial charge is 0.299 e. The van der Waals surface area contributed by atoms with Crippen LogP contribution in [-0.2, 0) is 6.54 Å². The third-order valence-electron chi connectivity index (χ3n) is 5.22. The van der Waals surface area contributed by atoms with Crippen LogP contribution in [0.2, 0.25) is 5.02 Å². The quantitative estimate of drug-likeness (QED) is 0.584.